The van der Waals surface area contributed by atoms with Crippen LogP contribution in [0.2, 0.25) is 0 Å². The summed E-state index contributed by atoms with van der Waals surface area (Å²) in [6, 6.07) is 0. The molecule has 0 aliphatic heterocycles. The van der Waals surface area contributed by atoms with E-state index in [9.17, 15) is 0 Å². The highest BCUT2D eigenvalue weighted by Crippen LogP contribution is 2.68. The third kappa shape index (κ3) is 0.155. The second-order valence-corrected chi connectivity index (χ2v) is 3.05. The molecule has 0 spiro atoms. The molecule has 3 atom stereocenters. The maximum absolute atomic E-state index is 2.48. The van der Waals surface area contributed by atoms with Crippen LogP contribution in [-0.2, 0) is 0 Å². The number of fused-ring (bicyclic) bond motifs is 1. The van der Waals surface area contributed by atoms with Gasteiger partial charge < -0.3 is 0 Å². The van der Waals surface area contributed by atoms with E-state index < -0.39 is 0 Å². The minimum atomic E-state index is 1.10. The molecular weight excluding hydrogens is 84.1 g/mol. The maximum Gasteiger partial charge on any atom is -0.0103 e. The number of rotatable bonds is 0. The van der Waals surface area contributed by atoms with Gasteiger partial charge in [-0.15, -0.1) is 0 Å². The zero-order valence-electron chi connectivity index (χ0n) is 4.22. The summed E-state index contributed by atoms with van der Waals surface area (Å²) in [5.41, 5.74) is 1.80. The summed E-state index contributed by atoms with van der Waals surface area (Å²) in [4.78, 5) is 0. The third-order valence-electron chi connectivity index (χ3n) is 2.83. The standard InChI is InChI=1S/C7H8/c1-2-5-6-3-4(1)7(5)6/h3,5-7H,1-2H2. The van der Waals surface area contributed by atoms with Crippen LogP contribution in [0, 0.1) is 17.8 Å². The fourth-order valence-corrected chi connectivity index (χ4v) is 2.34. The highest BCUT2D eigenvalue weighted by Gasteiger charge is 2.60. The van der Waals surface area contributed by atoms with Gasteiger partial charge in [-0.3, -0.25) is 0 Å². The van der Waals surface area contributed by atoms with Gasteiger partial charge in [0.05, 0.1) is 0 Å². The van der Waals surface area contributed by atoms with Crippen molar-refractivity contribution in [3.05, 3.63) is 11.6 Å². The Kier molecular flexibility index (Phi) is 0.247. The number of hydrogen-bond donors (Lipinski definition) is 0. The topological polar surface area (TPSA) is 0 Å². The van der Waals surface area contributed by atoms with Crippen molar-refractivity contribution in [2.75, 3.05) is 0 Å². The van der Waals surface area contributed by atoms with Crippen LogP contribution < -0.4 is 0 Å². The Morgan fingerprint density at radius 3 is 2.71 bits per heavy atom. The summed E-state index contributed by atoms with van der Waals surface area (Å²) >= 11 is 0. The monoisotopic (exact) mass is 92.1 g/mol. The molecule has 0 aromatic rings. The zero-order valence-corrected chi connectivity index (χ0v) is 4.22. The fraction of sp³-hybridized carbons (Fsp3) is 0.714. The molecule has 0 heteroatoms. The van der Waals surface area contributed by atoms with Gasteiger partial charge in [0.25, 0.3) is 0 Å². The van der Waals surface area contributed by atoms with Crippen LogP contribution in [0.1, 0.15) is 12.8 Å². The third-order valence-corrected chi connectivity index (χ3v) is 2.83. The van der Waals surface area contributed by atoms with Crippen LogP contribution in [0.25, 0.3) is 0 Å². The average Bonchev–Trinajstić information content (AvgIpc) is 2.02. The molecule has 0 saturated heterocycles. The molecule has 0 nitrogen and oxygen atoms in total. The van der Waals surface area contributed by atoms with E-state index in [0.29, 0.717) is 0 Å². The van der Waals surface area contributed by atoms with E-state index >= 15 is 0 Å². The van der Waals surface area contributed by atoms with Crippen LogP contribution in [0.5, 0.6) is 0 Å². The first-order valence-electron chi connectivity index (χ1n) is 3.17. The van der Waals surface area contributed by atoms with Gasteiger partial charge in [-0.1, -0.05) is 11.6 Å². The molecular formula is C7H8. The molecule has 2 saturated carbocycles. The zero-order chi connectivity index (χ0) is 4.43. The predicted molar refractivity (Wildman–Crippen MR) is 27.8 cm³/mol. The molecule has 3 aliphatic carbocycles. The Morgan fingerprint density at radius 1 is 1.57 bits per heavy atom. The van der Waals surface area contributed by atoms with Gasteiger partial charge in [-0.25, -0.2) is 0 Å². The SMILES string of the molecule is C1=C2CCC3C1C23. The lowest BCUT2D eigenvalue weighted by atomic mass is 9.95. The molecule has 3 rings (SSSR count). The van der Waals surface area contributed by atoms with E-state index in [2.05, 4.69) is 6.08 Å². The Hall–Kier alpha value is -0.260. The van der Waals surface area contributed by atoms with Gasteiger partial charge in [0.2, 0.25) is 0 Å². The predicted octanol–water partition coefficient (Wildman–Crippen LogP) is 1.58. The van der Waals surface area contributed by atoms with E-state index in [1.807, 2.05) is 0 Å². The second-order valence-electron chi connectivity index (χ2n) is 3.05. The molecule has 36 valence electrons. The molecule has 0 amide bonds. The molecule has 0 aromatic carbocycles. The first-order chi connectivity index (χ1) is 3.47. The van der Waals surface area contributed by atoms with E-state index in [4.69, 9.17) is 0 Å². The van der Waals surface area contributed by atoms with E-state index in [-0.39, 0.29) is 0 Å². The molecule has 0 N–H and O–H groups in total. The van der Waals surface area contributed by atoms with Gasteiger partial charge in [0, 0.05) is 0 Å². The van der Waals surface area contributed by atoms with Gasteiger partial charge in [-0.2, -0.15) is 0 Å². The molecule has 7 heavy (non-hydrogen) atoms. The van der Waals surface area contributed by atoms with Crippen molar-refractivity contribution < 1.29 is 0 Å². The van der Waals surface area contributed by atoms with Crippen LogP contribution in [0.3, 0.4) is 0 Å². The number of hydrogen-bond acceptors (Lipinski definition) is 0. The van der Waals surface area contributed by atoms with Crippen molar-refractivity contribution in [2.45, 2.75) is 12.8 Å². The van der Waals surface area contributed by atoms with Crippen LogP contribution in [0.15, 0.2) is 11.6 Å². The highest BCUT2D eigenvalue weighted by atomic mass is 14.6. The molecule has 0 heterocycles. The van der Waals surface area contributed by atoms with Crippen molar-refractivity contribution >= 4 is 0 Å². The summed E-state index contributed by atoms with van der Waals surface area (Å²) in [6.45, 7) is 0. The highest BCUT2D eigenvalue weighted by molar-refractivity contribution is 5.39. The summed E-state index contributed by atoms with van der Waals surface area (Å²) in [5, 5.41) is 0. The normalized spacial score (nSPS) is 60.6. The van der Waals surface area contributed by atoms with Crippen LogP contribution >= 0.6 is 0 Å². The molecule has 0 radical (unpaired) electrons. The first-order valence-corrected chi connectivity index (χ1v) is 3.17. The first kappa shape index (κ1) is 2.91. The maximum atomic E-state index is 2.48. The Bertz CT molecular complexity index is 155. The summed E-state index contributed by atoms with van der Waals surface area (Å²) in [6.07, 6.45) is 5.46. The van der Waals surface area contributed by atoms with Crippen molar-refractivity contribution in [1.29, 1.82) is 0 Å². The van der Waals surface area contributed by atoms with Crippen molar-refractivity contribution in [3.63, 3.8) is 0 Å². The molecule has 3 unspecified atom stereocenters. The number of allylic oxidation sites excluding steroid dienone is 2. The van der Waals surface area contributed by atoms with Crippen molar-refractivity contribution in [3.8, 4) is 0 Å². The molecule has 2 fully saturated rings. The summed E-state index contributed by atoms with van der Waals surface area (Å²) in [5.74, 6) is 3.40. The van der Waals surface area contributed by atoms with Gasteiger partial charge in [0.1, 0.15) is 0 Å². The van der Waals surface area contributed by atoms with Gasteiger partial charge in [0.15, 0.2) is 0 Å². The Labute approximate surface area is 43.2 Å². The van der Waals surface area contributed by atoms with Gasteiger partial charge >= 0.3 is 0 Å². The lowest BCUT2D eigenvalue weighted by Crippen LogP contribution is -1.97. The lowest BCUT2D eigenvalue weighted by Gasteiger charge is -2.10. The van der Waals surface area contributed by atoms with Crippen molar-refractivity contribution in [1.82, 2.24) is 0 Å². The van der Waals surface area contributed by atoms with Crippen LogP contribution in [0.4, 0.5) is 0 Å². The summed E-state index contributed by atoms with van der Waals surface area (Å²) < 4.78 is 0. The smallest absolute Gasteiger partial charge is 0.0103 e. The van der Waals surface area contributed by atoms with E-state index in [0.717, 1.165) is 17.8 Å². The minimum Gasteiger partial charge on any atom is -0.0810 e. The molecule has 3 aliphatic rings. The van der Waals surface area contributed by atoms with Crippen LogP contribution in [-0.4, -0.2) is 0 Å². The fourth-order valence-electron chi connectivity index (χ4n) is 2.34. The summed E-state index contributed by atoms with van der Waals surface area (Å²) in [7, 11) is 0. The largest absolute Gasteiger partial charge is 0.0810 e. The van der Waals surface area contributed by atoms with Gasteiger partial charge in [-0.05, 0) is 30.6 Å². The second kappa shape index (κ2) is 0.594. The quantitative estimate of drug-likeness (QED) is 0.398. The minimum absolute atomic E-state index is 1.10. The van der Waals surface area contributed by atoms with Crippen molar-refractivity contribution in [2.24, 2.45) is 17.8 Å². The Balaban J connectivity index is 2.26. The average molecular weight is 92.1 g/mol. The lowest BCUT2D eigenvalue weighted by molar-refractivity contribution is 0.683. The molecule has 0 aromatic heterocycles. The Morgan fingerprint density at radius 2 is 2.57 bits per heavy atom. The van der Waals surface area contributed by atoms with E-state index in [1.165, 1.54) is 12.8 Å². The molecule has 0 bridgehead atoms. The van der Waals surface area contributed by atoms with E-state index in [1.54, 1.807) is 5.57 Å².